The minimum atomic E-state index is -0.172. The number of nitrogens with zero attached hydrogens (tertiary/aromatic N) is 3. The molecule has 1 amide bonds. The molecule has 3 rings (SSSR count). The zero-order valence-corrected chi connectivity index (χ0v) is 11.8. The predicted octanol–water partition coefficient (Wildman–Crippen LogP) is 2.47. The number of amides is 1. The van der Waals surface area contributed by atoms with Gasteiger partial charge in [0.1, 0.15) is 11.7 Å². The van der Waals surface area contributed by atoms with E-state index in [0.717, 1.165) is 12.2 Å². The Bertz CT molecular complexity index is 517. The van der Waals surface area contributed by atoms with Crippen molar-refractivity contribution in [2.75, 3.05) is 10.2 Å². The van der Waals surface area contributed by atoms with E-state index < -0.39 is 0 Å². The summed E-state index contributed by atoms with van der Waals surface area (Å²) in [5.74, 6) is 1.43. The van der Waals surface area contributed by atoms with Gasteiger partial charge in [0.15, 0.2) is 5.82 Å². The van der Waals surface area contributed by atoms with Crippen molar-refractivity contribution in [1.82, 2.24) is 9.97 Å². The van der Waals surface area contributed by atoms with E-state index >= 15 is 0 Å². The summed E-state index contributed by atoms with van der Waals surface area (Å²) in [6.07, 6.45) is 4.79. The highest BCUT2D eigenvalue weighted by atomic mass is 35.5. The number of nitrogens with one attached hydrogen (secondary N) is 1. The average Bonchev–Trinajstić information content (AvgIpc) is 3.21. The smallest absolute Gasteiger partial charge is 0.247 e. The fourth-order valence-electron chi connectivity index (χ4n) is 2.79. The molecule has 2 atom stereocenters. The van der Waals surface area contributed by atoms with Crippen LogP contribution in [0.2, 0.25) is 5.28 Å². The zero-order valence-electron chi connectivity index (χ0n) is 11.1. The van der Waals surface area contributed by atoms with Gasteiger partial charge in [0.25, 0.3) is 0 Å². The summed E-state index contributed by atoms with van der Waals surface area (Å²) in [6.45, 7) is 4.18. The van der Waals surface area contributed by atoms with Crippen LogP contribution in [-0.2, 0) is 4.79 Å². The minimum Gasteiger partial charge on any atom is -0.340 e. The monoisotopic (exact) mass is 280 g/mol. The van der Waals surface area contributed by atoms with Gasteiger partial charge in [-0.3, -0.25) is 4.79 Å². The summed E-state index contributed by atoms with van der Waals surface area (Å²) in [7, 11) is 0. The van der Waals surface area contributed by atoms with Crippen LogP contribution in [0.25, 0.3) is 0 Å². The summed E-state index contributed by atoms with van der Waals surface area (Å²) in [5.41, 5.74) is 0.659. The molecule has 1 aliphatic carbocycles. The Kier molecular flexibility index (Phi) is 3.09. The number of anilines is 2. The van der Waals surface area contributed by atoms with E-state index in [4.69, 9.17) is 11.6 Å². The molecule has 1 aliphatic heterocycles. The fraction of sp³-hybridized carbons (Fsp3) is 0.615. The molecule has 0 saturated heterocycles. The average molecular weight is 281 g/mol. The largest absolute Gasteiger partial charge is 0.340 e. The van der Waals surface area contributed by atoms with Crippen molar-refractivity contribution in [1.29, 1.82) is 0 Å². The van der Waals surface area contributed by atoms with Crippen molar-refractivity contribution in [2.45, 2.75) is 45.2 Å². The Labute approximate surface area is 117 Å². The van der Waals surface area contributed by atoms with E-state index in [9.17, 15) is 4.79 Å². The third-order valence-electron chi connectivity index (χ3n) is 4.01. The lowest BCUT2D eigenvalue weighted by Gasteiger charge is -2.40. The van der Waals surface area contributed by atoms with Crippen LogP contribution < -0.4 is 10.2 Å². The second-order valence-electron chi connectivity index (χ2n) is 5.27. The molecule has 1 saturated carbocycles. The highest BCUT2D eigenvalue weighted by Gasteiger charge is 2.41. The SMILES string of the molecule is CC[C@@H]1C(=O)Nc2cnc(Cl)nc2N1C(C)C1CC1. The van der Waals surface area contributed by atoms with Crippen LogP contribution >= 0.6 is 11.6 Å². The van der Waals surface area contributed by atoms with Crippen molar-refractivity contribution in [3.8, 4) is 0 Å². The van der Waals surface area contributed by atoms with Gasteiger partial charge in [0.05, 0.1) is 6.20 Å². The van der Waals surface area contributed by atoms with Crippen molar-refractivity contribution in [3.05, 3.63) is 11.5 Å². The van der Waals surface area contributed by atoms with E-state index in [1.807, 2.05) is 6.92 Å². The number of halogens is 1. The van der Waals surface area contributed by atoms with E-state index in [0.29, 0.717) is 17.6 Å². The van der Waals surface area contributed by atoms with Gasteiger partial charge in [-0.2, -0.15) is 4.98 Å². The van der Waals surface area contributed by atoms with Crippen LogP contribution in [0.4, 0.5) is 11.5 Å². The van der Waals surface area contributed by atoms with Gasteiger partial charge in [0.2, 0.25) is 11.2 Å². The topological polar surface area (TPSA) is 58.1 Å². The van der Waals surface area contributed by atoms with Crippen molar-refractivity contribution in [3.63, 3.8) is 0 Å². The Balaban J connectivity index is 2.05. The minimum absolute atomic E-state index is 0.0217. The van der Waals surface area contributed by atoms with Crippen LogP contribution in [-0.4, -0.2) is 28.0 Å². The zero-order chi connectivity index (χ0) is 13.6. The van der Waals surface area contributed by atoms with Crippen LogP contribution in [0.15, 0.2) is 6.20 Å². The number of carbonyl (C=O) groups excluding carboxylic acids is 1. The van der Waals surface area contributed by atoms with Gasteiger partial charge in [0, 0.05) is 6.04 Å². The van der Waals surface area contributed by atoms with E-state index in [1.165, 1.54) is 12.8 Å². The van der Waals surface area contributed by atoms with Crippen molar-refractivity contribution >= 4 is 29.0 Å². The van der Waals surface area contributed by atoms with Crippen LogP contribution in [0, 0.1) is 5.92 Å². The molecule has 2 heterocycles. The first-order chi connectivity index (χ1) is 9.11. The second-order valence-corrected chi connectivity index (χ2v) is 5.61. The maximum absolute atomic E-state index is 12.2. The molecule has 102 valence electrons. The van der Waals surface area contributed by atoms with Gasteiger partial charge in [-0.15, -0.1) is 0 Å². The third-order valence-corrected chi connectivity index (χ3v) is 4.19. The second kappa shape index (κ2) is 4.63. The van der Waals surface area contributed by atoms with Crippen molar-refractivity contribution in [2.24, 2.45) is 5.92 Å². The van der Waals surface area contributed by atoms with Crippen LogP contribution in [0.5, 0.6) is 0 Å². The van der Waals surface area contributed by atoms with Gasteiger partial charge < -0.3 is 10.2 Å². The van der Waals surface area contributed by atoms with E-state index in [2.05, 4.69) is 27.1 Å². The maximum Gasteiger partial charge on any atom is 0.247 e. The summed E-state index contributed by atoms with van der Waals surface area (Å²) in [6, 6.07) is 0.134. The highest BCUT2D eigenvalue weighted by molar-refractivity contribution is 6.28. The Morgan fingerprint density at radius 2 is 2.32 bits per heavy atom. The molecule has 0 spiro atoms. The summed E-state index contributed by atoms with van der Waals surface area (Å²) in [4.78, 5) is 22.6. The molecule has 1 N–H and O–H groups in total. The highest BCUT2D eigenvalue weighted by Crippen LogP contribution is 2.41. The number of hydrogen-bond acceptors (Lipinski definition) is 4. The molecule has 0 aromatic carbocycles. The molecule has 1 aromatic rings. The third kappa shape index (κ3) is 2.16. The molecule has 0 radical (unpaired) electrons. The number of rotatable bonds is 3. The van der Waals surface area contributed by atoms with E-state index in [1.54, 1.807) is 6.20 Å². The lowest BCUT2D eigenvalue weighted by molar-refractivity contribution is -0.117. The molecule has 2 aliphatic rings. The first kappa shape index (κ1) is 12.7. The fourth-order valence-corrected chi connectivity index (χ4v) is 2.92. The number of hydrogen-bond donors (Lipinski definition) is 1. The van der Waals surface area contributed by atoms with Crippen LogP contribution in [0.1, 0.15) is 33.1 Å². The van der Waals surface area contributed by atoms with Crippen LogP contribution in [0.3, 0.4) is 0 Å². The lowest BCUT2D eigenvalue weighted by atomic mass is 10.0. The Hall–Kier alpha value is -1.36. The first-order valence-corrected chi connectivity index (χ1v) is 7.11. The molecule has 0 bridgehead atoms. The Morgan fingerprint density at radius 1 is 1.58 bits per heavy atom. The lowest BCUT2D eigenvalue weighted by Crippen LogP contribution is -2.52. The standard InChI is InChI=1S/C13H17ClN4O/c1-3-10-12(19)16-9-6-15-13(14)17-11(9)18(10)7(2)8-4-5-8/h6-8,10H,3-5H2,1-2H3,(H,16,19)/t7?,10-/m1/s1. The molecular formula is C13H17ClN4O. The first-order valence-electron chi connectivity index (χ1n) is 6.73. The van der Waals surface area contributed by atoms with Gasteiger partial charge >= 0.3 is 0 Å². The number of carbonyl (C=O) groups is 1. The van der Waals surface area contributed by atoms with Gasteiger partial charge in [-0.1, -0.05) is 6.92 Å². The number of fused-ring (bicyclic) bond motifs is 1. The molecule has 1 unspecified atom stereocenters. The molecule has 1 aromatic heterocycles. The van der Waals surface area contributed by atoms with Gasteiger partial charge in [-0.25, -0.2) is 4.98 Å². The summed E-state index contributed by atoms with van der Waals surface area (Å²) >= 11 is 5.91. The maximum atomic E-state index is 12.2. The quantitative estimate of drug-likeness (QED) is 0.864. The molecule has 6 heteroatoms. The van der Waals surface area contributed by atoms with E-state index in [-0.39, 0.29) is 17.2 Å². The molecule has 19 heavy (non-hydrogen) atoms. The summed E-state index contributed by atoms with van der Waals surface area (Å²) < 4.78 is 0. The van der Waals surface area contributed by atoms with Crippen molar-refractivity contribution < 1.29 is 4.79 Å². The van der Waals surface area contributed by atoms with Gasteiger partial charge in [-0.05, 0) is 43.7 Å². The summed E-state index contributed by atoms with van der Waals surface area (Å²) in [5, 5.41) is 3.09. The molecular weight excluding hydrogens is 264 g/mol. The molecule has 5 nitrogen and oxygen atoms in total. The predicted molar refractivity (Wildman–Crippen MR) is 74.4 cm³/mol. The Morgan fingerprint density at radius 3 is 2.95 bits per heavy atom. The normalized spacial score (nSPS) is 23.8. The number of aromatic nitrogens is 2. The molecule has 1 fully saturated rings.